The molecule has 2 rings (SSSR count). The monoisotopic (exact) mass is 240 g/mol. The molecular weight excluding hydrogens is 224 g/mol. The minimum absolute atomic E-state index is 0.132. The number of carboxylic acids is 1. The van der Waals surface area contributed by atoms with Crippen LogP contribution < -0.4 is 5.32 Å². The Morgan fingerprint density at radius 3 is 2.88 bits per heavy atom. The summed E-state index contributed by atoms with van der Waals surface area (Å²) in [4.78, 5) is 14.7. The van der Waals surface area contributed by atoms with Gasteiger partial charge < -0.3 is 10.4 Å². The van der Waals surface area contributed by atoms with Crippen LogP contribution in [0.3, 0.4) is 0 Å². The van der Waals surface area contributed by atoms with E-state index in [4.69, 9.17) is 5.11 Å². The molecule has 0 unspecified atom stereocenters. The maximum atomic E-state index is 10.7. The molecule has 0 aromatic carbocycles. The van der Waals surface area contributed by atoms with Crippen molar-refractivity contribution in [1.82, 2.24) is 10.3 Å². The second-order valence-corrected chi connectivity index (χ2v) is 5.66. The highest BCUT2D eigenvalue weighted by atomic mass is 32.1. The van der Waals surface area contributed by atoms with Gasteiger partial charge in [0.25, 0.3) is 0 Å². The lowest BCUT2D eigenvalue weighted by molar-refractivity contribution is 0.0696. The molecule has 88 valence electrons. The fourth-order valence-electron chi connectivity index (χ4n) is 1.75. The third-order valence-corrected chi connectivity index (χ3v) is 3.94. The van der Waals surface area contributed by atoms with Crippen molar-refractivity contribution in [2.75, 3.05) is 0 Å². The Labute approximate surface area is 98.7 Å². The Bertz CT molecular complexity index is 396. The molecule has 0 amide bonds. The summed E-state index contributed by atoms with van der Waals surface area (Å²) in [6, 6.07) is 0. The summed E-state index contributed by atoms with van der Waals surface area (Å²) < 4.78 is 0. The Morgan fingerprint density at radius 2 is 2.38 bits per heavy atom. The lowest BCUT2D eigenvalue weighted by atomic mass is 9.99. The van der Waals surface area contributed by atoms with Crippen molar-refractivity contribution in [3.8, 4) is 0 Å². The van der Waals surface area contributed by atoms with Crippen LogP contribution in [0, 0.1) is 5.92 Å². The molecule has 0 aliphatic heterocycles. The maximum absolute atomic E-state index is 10.7. The minimum Gasteiger partial charge on any atom is -0.476 e. The number of carboxylic acid groups (broad SMARTS) is 1. The molecule has 1 aromatic heterocycles. The number of nitrogens with zero attached hydrogens (tertiary/aromatic N) is 1. The van der Waals surface area contributed by atoms with Crippen LogP contribution in [0.25, 0.3) is 0 Å². The fourth-order valence-corrected chi connectivity index (χ4v) is 2.41. The van der Waals surface area contributed by atoms with Gasteiger partial charge in [0.05, 0.1) is 5.69 Å². The van der Waals surface area contributed by atoms with Crippen molar-refractivity contribution in [3.05, 3.63) is 16.1 Å². The summed E-state index contributed by atoms with van der Waals surface area (Å²) in [5, 5.41) is 14.2. The molecule has 1 aromatic rings. The van der Waals surface area contributed by atoms with Crippen molar-refractivity contribution in [2.45, 2.75) is 38.8 Å². The van der Waals surface area contributed by atoms with E-state index < -0.39 is 5.97 Å². The minimum atomic E-state index is -0.947. The summed E-state index contributed by atoms with van der Waals surface area (Å²) in [6.45, 7) is 5.03. The van der Waals surface area contributed by atoms with Crippen LogP contribution in [0.5, 0.6) is 0 Å². The van der Waals surface area contributed by atoms with E-state index in [1.54, 1.807) is 5.38 Å². The fraction of sp³-hybridized carbons (Fsp3) is 0.636. The van der Waals surface area contributed by atoms with Gasteiger partial charge in [-0.1, -0.05) is 0 Å². The van der Waals surface area contributed by atoms with E-state index in [-0.39, 0.29) is 10.5 Å². The number of nitrogens with one attached hydrogen (secondary N) is 1. The number of rotatable bonds is 5. The van der Waals surface area contributed by atoms with Crippen LogP contribution in [0.4, 0.5) is 0 Å². The average molecular weight is 240 g/mol. The SMILES string of the molecule is CC(C)(NCc1csc(C(=O)O)n1)C1CC1. The Kier molecular flexibility index (Phi) is 2.99. The summed E-state index contributed by atoms with van der Waals surface area (Å²) in [6.07, 6.45) is 2.58. The second kappa shape index (κ2) is 4.14. The third-order valence-electron chi connectivity index (χ3n) is 3.06. The number of carbonyl (C=O) groups is 1. The lowest BCUT2D eigenvalue weighted by Gasteiger charge is -2.25. The standard InChI is InChI=1S/C11H16N2O2S/c1-11(2,7-3-4-7)12-5-8-6-16-9(13-8)10(14)15/h6-7,12H,3-5H2,1-2H3,(H,14,15). The summed E-state index contributed by atoms with van der Waals surface area (Å²) in [7, 11) is 0. The van der Waals surface area contributed by atoms with Gasteiger partial charge in [-0.05, 0) is 32.6 Å². The van der Waals surface area contributed by atoms with E-state index in [0.29, 0.717) is 6.54 Å². The largest absolute Gasteiger partial charge is 0.476 e. The van der Waals surface area contributed by atoms with E-state index in [1.165, 1.54) is 24.2 Å². The van der Waals surface area contributed by atoms with E-state index in [1.807, 2.05) is 0 Å². The Balaban J connectivity index is 1.91. The first-order valence-electron chi connectivity index (χ1n) is 5.42. The Hall–Kier alpha value is -0.940. The summed E-state index contributed by atoms with van der Waals surface area (Å²) in [5.41, 5.74) is 0.948. The van der Waals surface area contributed by atoms with E-state index in [2.05, 4.69) is 24.1 Å². The molecule has 0 atom stereocenters. The normalized spacial score (nSPS) is 16.4. The zero-order valence-corrected chi connectivity index (χ0v) is 10.3. The molecular formula is C11H16N2O2S. The third kappa shape index (κ3) is 2.59. The zero-order valence-electron chi connectivity index (χ0n) is 9.49. The van der Waals surface area contributed by atoms with E-state index in [0.717, 1.165) is 11.6 Å². The molecule has 0 saturated heterocycles. The van der Waals surface area contributed by atoms with Crippen LogP contribution in [0.15, 0.2) is 5.38 Å². The van der Waals surface area contributed by atoms with E-state index in [9.17, 15) is 4.79 Å². The van der Waals surface area contributed by atoms with Gasteiger partial charge in [0.1, 0.15) is 0 Å². The van der Waals surface area contributed by atoms with Gasteiger partial charge in [0.2, 0.25) is 5.01 Å². The predicted molar refractivity (Wildman–Crippen MR) is 62.7 cm³/mol. The van der Waals surface area contributed by atoms with Crippen molar-refractivity contribution in [2.24, 2.45) is 5.92 Å². The molecule has 1 saturated carbocycles. The number of hydrogen-bond donors (Lipinski definition) is 2. The van der Waals surface area contributed by atoms with Crippen LogP contribution in [0.2, 0.25) is 0 Å². The van der Waals surface area contributed by atoms with Crippen molar-refractivity contribution in [1.29, 1.82) is 0 Å². The maximum Gasteiger partial charge on any atom is 0.365 e. The second-order valence-electron chi connectivity index (χ2n) is 4.80. The van der Waals surface area contributed by atoms with Gasteiger partial charge in [-0.2, -0.15) is 0 Å². The first-order chi connectivity index (χ1) is 7.49. The van der Waals surface area contributed by atoms with Gasteiger partial charge in [0.15, 0.2) is 0 Å². The smallest absolute Gasteiger partial charge is 0.365 e. The van der Waals surface area contributed by atoms with Crippen LogP contribution >= 0.6 is 11.3 Å². The van der Waals surface area contributed by atoms with Crippen LogP contribution in [-0.4, -0.2) is 21.6 Å². The van der Waals surface area contributed by atoms with Gasteiger partial charge in [-0.25, -0.2) is 9.78 Å². The summed E-state index contributed by atoms with van der Waals surface area (Å²) >= 11 is 1.18. The zero-order chi connectivity index (χ0) is 11.8. The molecule has 0 spiro atoms. The van der Waals surface area contributed by atoms with Crippen LogP contribution in [-0.2, 0) is 6.54 Å². The van der Waals surface area contributed by atoms with Crippen molar-refractivity contribution >= 4 is 17.3 Å². The highest BCUT2D eigenvalue weighted by molar-refractivity contribution is 7.11. The van der Waals surface area contributed by atoms with Gasteiger partial charge in [0, 0.05) is 17.5 Å². The Morgan fingerprint density at radius 1 is 1.69 bits per heavy atom. The topological polar surface area (TPSA) is 62.2 Å². The van der Waals surface area contributed by atoms with Gasteiger partial charge >= 0.3 is 5.97 Å². The predicted octanol–water partition coefficient (Wildman–Crippen LogP) is 2.12. The molecule has 4 nitrogen and oxygen atoms in total. The first-order valence-corrected chi connectivity index (χ1v) is 6.30. The number of hydrogen-bond acceptors (Lipinski definition) is 4. The number of thiazole rings is 1. The summed E-state index contributed by atoms with van der Waals surface area (Å²) in [5.74, 6) is -0.192. The highest BCUT2D eigenvalue weighted by Gasteiger charge is 2.37. The lowest BCUT2D eigenvalue weighted by Crippen LogP contribution is -2.40. The van der Waals surface area contributed by atoms with Crippen molar-refractivity contribution in [3.63, 3.8) is 0 Å². The molecule has 16 heavy (non-hydrogen) atoms. The van der Waals surface area contributed by atoms with Gasteiger partial charge in [-0.3, -0.25) is 0 Å². The number of aromatic carboxylic acids is 1. The quantitative estimate of drug-likeness (QED) is 0.827. The first kappa shape index (κ1) is 11.5. The highest BCUT2D eigenvalue weighted by Crippen LogP contribution is 2.39. The van der Waals surface area contributed by atoms with Crippen molar-refractivity contribution < 1.29 is 9.90 Å². The van der Waals surface area contributed by atoms with Gasteiger partial charge in [-0.15, -0.1) is 11.3 Å². The van der Waals surface area contributed by atoms with E-state index >= 15 is 0 Å². The molecule has 0 bridgehead atoms. The molecule has 1 heterocycles. The average Bonchev–Trinajstić information content (AvgIpc) is 2.95. The molecule has 2 N–H and O–H groups in total. The molecule has 1 aliphatic rings. The number of aromatic nitrogens is 1. The van der Waals surface area contributed by atoms with Crippen LogP contribution in [0.1, 0.15) is 42.2 Å². The molecule has 5 heteroatoms. The molecule has 1 fully saturated rings. The molecule has 0 radical (unpaired) electrons. The molecule has 1 aliphatic carbocycles.